The number of anilines is 2. The molecule has 0 unspecified atom stereocenters. The van der Waals surface area contributed by atoms with Gasteiger partial charge in [-0.2, -0.15) is 0 Å². The monoisotopic (exact) mass is 410 g/mol. The van der Waals surface area contributed by atoms with E-state index in [1.165, 1.54) is 11.4 Å². The van der Waals surface area contributed by atoms with Gasteiger partial charge in [0.2, 0.25) is 10.0 Å². The van der Waals surface area contributed by atoms with Crippen LogP contribution < -0.4 is 19.1 Å². The zero-order chi connectivity index (χ0) is 19.4. The molecule has 0 aliphatic carbocycles. The molecule has 1 amide bonds. The van der Waals surface area contributed by atoms with Gasteiger partial charge >= 0.3 is 0 Å². The van der Waals surface area contributed by atoms with Crippen molar-refractivity contribution in [3.63, 3.8) is 0 Å². The highest BCUT2D eigenvalue weighted by molar-refractivity contribution is 7.93. The zero-order valence-corrected chi connectivity index (χ0v) is 16.2. The van der Waals surface area contributed by atoms with Crippen LogP contribution in [0.25, 0.3) is 0 Å². The third-order valence-corrected chi connectivity index (χ3v) is 6.15. The summed E-state index contributed by atoms with van der Waals surface area (Å²) in [5.41, 5.74) is 0.947. The zero-order valence-electron chi connectivity index (χ0n) is 14.6. The van der Waals surface area contributed by atoms with Crippen molar-refractivity contribution in [1.82, 2.24) is 0 Å². The van der Waals surface area contributed by atoms with E-state index in [9.17, 15) is 13.2 Å². The second kappa shape index (κ2) is 8.06. The number of rotatable bonds is 6. The van der Waals surface area contributed by atoms with Gasteiger partial charge in [0.1, 0.15) is 11.5 Å². The Morgan fingerprint density at radius 1 is 1.22 bits per heavy atom. The van der Waals surface area contributed by atoms with E-state index in [4.69, 9.17) is 21.1 Å². The fourth-order valence-electron chi connectivity index (χ4n) is 2.73. The van der Waals surface area contributed by atoms with Gasteiger partial charge in [-0.05, 0) is 42.8 Å². The lowest BCUT2D eigenvalue weighted by molar-refractivity contribution is -0.118. The SMILES string of the molecule is COc1cc(N2CCCS2(=O)=O)ccc1NC(=O)COc1ccc(Cl)cc1. The van der Waals surface area contributed by atoms with E-state index in [0.717, 1.165) is 0 Å². The molecule has 2 aromatic rings. The van der Waals surface area contributed by atoms with Crippen molar-refractivity contribution in [2.75, 3.05) is 35.6 Å². The van der Waals surface area contributed by atoms with Gasteiger partial charge in [-0.15, -0.1) is 0 Å². The summed E-state index contributed by atoms with van der Waals surface area (Å²) in [6.45, 7) is 0.249. The van der Waals surface area contributed by atoms with Crippen LogP contribution in [-0.4, -0.2) is 40.3 Å². The molecule has 0 spiro atoms. The average Bonchev–Trinajstić information content (AvgIpc) is 3.00. The highest BCUT2D eigenvalue weighted by Crippen LogP contribution is 2.32. The number of nitrogens with one attached hydrogen (secondary N) is 1. The van der Waals surface area contributed by atoms with Gasteiger partial charge in [0.05, 0.1) is 24.2 Å². The first kappa shape index (κ1) is 19.3. The second-order valence-corrected chi connectivity index (χ2v) is 8.37. The van der Waals surface area contributed by atoms with Crippen molar-refractivity contribution in [2.24, 2.45) is 0 Å². The summed E-state index contributed by atoms with van der Waals surface area (Å²) in [5, 5.41) is 3.28. The van der Waals surface area contributed by atoms with Crippen LogP contribution in [0.3, 0.4) is 0 Å². The number of methoxy groups -OCH3 is 1. The standard InChI is InChI=1S/C18H19ClN2O5S/c1-25-17-11-14(21-9-2-10-27(21,23)24)5-8-16(17)20-18(22)12-26-15-6-3-13(19)4-7-15/h3-8,11H,2,9-10,12H2,1H3,(H,20,22). The number of amides is 1. The number of carbonyl (C=O) groups is 1. The van der Waals surface area contributed by atoms with Crippen LogP contribution in [0.5, 0.6) is 11.5 Å². The van der Waals surface area contributed by atoms with E-state index in [2.05, 4.69) is 5.32 Å². The van der Waals surface area contributed by atoms with E-state index in [0.29, 0.717) is 40.9 Å². The maximum absolute atomic E-state index is 12.1. The Balaban J connectivity index is 1.67. The molecule has 2 aromatic carbocycles. The number of hydrogen-bond donors (Lipinski definition) is 1. The molecule has 1 aliphatic rings. The molecule has 3 rings (SSSR count). The first-order chi connectivity index (χ1) is 12.9. The molecule has 27 heavy (non-hydrogen) atoms. The minimum Gasteiger partial charge on any atom is -0.494 e. The fraction of sp³-hybridized carbons (Fsp3) is 0.278. The van der Waals surface area contributed by atoms with E-state index < -0.39 is 10.0 Å². The van der Waals surface area contributed by atoms with Crippen molar-refractivity contribution in [3.8, 4) is 11.5 Å². The molecule has 0 atom stereocenters. The normalized spacial score (nSPS) is 15.4. The molecule has 1 saturated heterocycles. The first-order valence-corrected chi connectivity index (χ1v) is 10.2. The molecule has 1 aliphatic heterocycles. The minimum atomic E-state index is -3.28. The molecule has 144 valence electrons. The molecule has 0 bridgehead atoms. The quantitative estimate of drug-likeness (QED) is 0.791. The van der Waals surface area contributed by atoms with Crippen molar-refractivity contribution in [3.05, 3.63) is 47.5 Å². The molecule has 7 nitrogen and oxygen atoms in total. The van der Waals surface area contributed by atoms with Gasteiger partial charge < -0.3 is 14.8 Å². The summed E-state index contributed by atoms with van der Waals surface area (Å²) in [7, 11) is -1.83. The Morgan fingerprint density at radius 3 is 2.59 bits per heavy atom. The Labute approximate surface area is 162 Å². The smallest absolute Gasteiger partial charge is 0.262 e. The summed E-state index contributed by atoms with van der Waals surface area (Å²) in [4.78, 5) is 12.1. The lowest BCUT2D eigenvalue weighted by Crippen LogP contribution is -2.25. The van der Waals surface area contributed by atoms with E-state index >= 15 is 0 Å². The number of carbonyl (C=O) groups excluding carboxylic acids is 1. The first-order valence-electron chi connectivity index (χ1n) is 8.26. The number of ether oxygens (including phenoxy) is 2. The molecule has 9 heteroatoms. The number of nitrogens with zero attached hydrogens (tertiary/aromatic N) is 1. The number of benzene rings is 2. The third-order valence-electron chi connectivity index (χ3n) is 4.03. The van der Waals surface area contributed by atoms with Crippen LogP contribution in [0.15, 0.2) is 42.5 Å². The van der Waals surface area contributed by atoms with Crippen LogP contribution in [0.1, 0.15) is 6.42 Å². The van der Waals surface area contributed by atoms with E-state index in [1.54, 1.807) is 42.5 Å². The van der Waals surface area contributed by atoms with Crippen LogP contribution in [0.2, 0.25) is 5.02 Å². The molecule has 1 fully saturated rings. The maximum Gasteiger partial charge on any atom is 0.262 e. The molecule has 0 aromatic heterocycles. The van der Waals surface area contributed by atoms with Crippen LogP contribution in [0.4, 0.5) is 11.4 Å². The lowest BCUT2D eigenvalue weighted by Gasteiger charge is -2.19. The molecule has 1 N–H and O–H groups in total. The molecule has 1 heterocycles. The van der Waals surface area contributed by atoms with Gasteiger partial charge in [0.25, 0.3) is 5.91 Å². The predicted molar refractivity (Wildman–Crippen MR) is 104 cm³/mol. The van der Waals surface area contributed by atoms with Crippen LogP contribution in [-0.2, 0) is 14.8 Å². The van der Waals surface area contributed by atoms with Crippen LogP contribution in [0, 0.1) is 0 Å². The van der Waals surface area contributed by atoms with Crippen molar-refractivity contribution in [1.29, 1.82) is 0 Å². The van der Waals surface area contributed by atoms with Gasteiger partial charge in [-0.25, -0.2) is 8.42 Å². The molecular weight excluding hydrogens is 392 g/mol. The van der Waals surface area contributed by atoms with Crippen LogP contribution >= 0.6 is 11.6 Å². The molecular formula is C18H19ClN2O5S. The minimum absolute atomic E-state index is 0.135. The topological polar surface area (TPSA) is 84.9 Å². The van der Waals surface area contributed by atoms with Gasteiger partial charge in [0, 0.05) is 17.6 Å². The summed E-state index contributed by atoms with van der Waals surface area (Å²) in [6, 6.07) is 11.5. The van der Waals surface area contributed by atoms with Crippen molar-refractivity contribution >= 4 is 38.9 Å². The van der Waals surface area contributed by atoms with Gasteiger partial charge in [-0.1, -0.05) is 11.6 Å². The largest absolute Gasteiger partial charge is 0.494 e. The Hall–Kier alpha value is -2.45. The summed E-state index contributed by atoms with van der Waals surface area (Å²) >= 11 is 5.80. The number of halogens is 1. The highest BCUT2D eigenvalue weighted by Gasteiger charge is 2.29. The average molecular weight is 411 g/mol. The predicted octanol–water partition coefficient (Wildman–Crippen LogP) is 2.91. The summed E-state index contributed by atoms with van der Waals surface area (Å²) in [5.74, 6) is 0.658. The second-order valence-electron chi connectivity index (χ2n) is 5.92. The van der Waals surface area contributed by atoms with Gasteiger partial charge in [0.15, 0.2) is 6.61 Å². The third kappa shape index (κ3) is 4.64. The Morgan fingerprint density at radius 2 is 1.96 bits per heavy atom. The molecule has 0 saturated carbocycles. The highest BCUT2D eigenvalue weighted by atomic mass is 35.5. The summed E-state index contributed by atoms with van der Waals surface area (Å²) < 4.78 is 36.2. The summed E-state index contributed by atoms with van der Waals surface area (Å²) in [6.07, 6.45) is 0.588. The van der Waals surface area contributed by atoms with Crippen molar-refractivity contribution in [2.45, 2.75) is 6.42 Å². The maximum atomic E-state index is 12.1. The fourth-order valence-corrected chi connectivity index (χ4v) is 4.42. The Kier molecular flexibility index (Phi) is 5.76. The molecule has 0 radical (unpaired) electrons. The van der Waals surface area contributed by atoms with E-state index in [-0.39, 0.29) is 18.3 Å². The van der Waals surface area contributed by atoms with E-state index in [1.807, 2.05) is 0 Å². The number of hydrogen-bond acceptors (Lipinski definition) is 5. The Bertz CT molecular complexity index is 931. The van der Waals surface area contributed by atoms with Crippen molar-refractivity contribution < 1.29 is 22.7 Å². The number of sulfonamides is 1. The lowest BCUT2D eigenvalue weighted by atomic mass is 10.2. The van der Waals surface area contributed by atoms with Gasteiger partial charge in [-0.3, -0.25) is 9.10 Å².